The fourth-order valence-electron chi connectivity index (χ4n) is 4.93. The molecule has 0 atom stereocenters. The summed E-state index contributed by atoms with van der Waals surface area (Å²) < 4.78 is 27.5. The van der Waals surface area contributed by atoms with Crippen LogP contribution in [0.5, 0.6) is 11.5 Å². The Morgan fingerprint density at radius 3 is 2.68 bits per heavy atom. The molecule has 6 heteroatoms. The van der Waals surface area contributed by atoms with E-state index in [4.69, 9.17) is 9.47 Å². The van der Waals surface area contributed by atoms with E-state index in [0.717, 1.165) is 44.2 Å². The van der Waals surface area contributed by atoms with Crippen LogP contribution in [0.2, 0.25) is 0 Å². The van der Waals surface area contributed by atoms with Gasteiger partial charge in [0.1, 0.15) is 44.0 Å². The lowest BCUT2D eigenvalue weighted by Crippen LogP contribution is -2.49. The molecule has 0 N–H and O–H groups in total. The second-order valence-corrected chi connectivity index (χ2v) is 8.46. The standard InChI is InChI=1S/C25H22FN2O3/c1-27-21-13-16(15-28(29)9-11-30-12-10-28)5-7-18(21)19-3-2-4-23-24(19)25(27)20-14-17(26)6-8-22(20)31-23/h2-8,13-14H,9-12,15H2,1H3/q+1. The second kappa shape index (κ2) is 6.72. The van der Waals surface area contributed by atoms with E-state index in [1.807, 2.05) is 25.2 Å². The number of quaternary nitrogens is 1. The molecule has 0 unspecified atom stereocenters. The van der Waals surface area contributed by atoms with E-state index >= 15 is 0 Å². The maximum atomic E-state index is 14.2. The summed E-state index contributed by atoms with van der Waals surface area (Å²) in [4.78, 5) is 0. The molecule has 0 bridgehead atoms. The fraction of sp³-hybridized carbons (Fsp3) is 0.240. The van der Waals surface area contributed by atoms with Crippen molar-refractivity contribution in [3.8, 4) is 22.8 Å². The Hall–Kier alpha value is -3.06. The minimum Gasteiger partial charge on any atom is -0.632 e. The molecule has 0 radical (unpaired) electrons. The summed E-state index contributed by atoms with van der Waals surface area (Å²) in [5.41, 5.74) is 3.66. The van der Waals surface area contributed by atoms with E-state index in [9.17, 15) is 9.60 Å². The van der Waals surface area contributed by atoms with Crippen LogP contribution in [0.3, 0.4) is 0 Å². The topological polar surface area (TPSA) is 45.4 Å². The Morgan fingerprint density at radius 1 is 1.00 bits per heavy atom. The van der Waals surface area contributed by atoms with E-state index in [0.29, 0.717) is 38.6 Å². The Bertz CT molecular complexity index is 1360. The first-order valence-corrected chi connectivity index (χ1v) is 10.5. The molecule has 31 heavy (non-hydrogen) atoms. The number of pyridine rings is 1. The van der Waals surface area contributed by atoms with Gasteiger partial charge in [-0.2, -0.15) is 4.57 Å². The van der Waals surface area contributed by atoms with Crippen LogP contribution in [0, 0.1) is 11.0 Å². The molecule has 0 spiro atoms. The summed E-state index contributed by atoms with van der Waals surface area (Å²) in [5.74, 6) is 1.12. The highest BCUT2D eigenvalue weighted by atomic mass is 19.1. The zero-order chi connectivity index (χ0) is 21.2. The van der Waals surface area contributed by atoms with Gasteiger partial charge in [-0.1, -0.05) is 18.2 Å². The van der Waals surface area contributed by atoms with Crippen LogP contribution in [0.4, 0.5) is 4.39 Å². The Balaban J connectivity index is 1.60. The molecule has 5 nitrogen and oxygen atoms in total. The highest BCUT2D eigenvalue weighted by molar-refractivity contribution is 6.12. The third-order valence-corrected chi connectivity index (χ3v) is 6.49. The van der Waals surface area contributed by atoms with Gasteiger partial charge in [-0.25, -0.2) is 4.39 Å². The van der Waals surface area contributed by atoms with Gasteiger partial charge in [-0.05, 0) is 30.3 Å². The van der Waals surface area contributed by atoms with Gasteiger partial charge < -0.3 is 19.3 Å². The first-order valence-electron chi connectivity index (χ1n) is 10.5. The van der Waals surface area contributed by atoms with Crippen LogP contribution in [-0.4, -0.2) is 30.9 Å². The van der Waals surface area contributed by atoms with Crippen molar-refractivity contribution in [2.75, 3.05) is 26.3 Å². The molecule has 0 saturated carbocycles. The van der Waals surface area contributed by atoms with E-state index in [1.54, 1.807) is 6.07 Å². The van der Waals surface area contributed by atoms with Crippen LogP contribution in [0.15, 0.2) is 54.6 Å². The van der Waals surface area contributed by atoms with Gasteiger partial charge in [0.15, 0.2) is 0 Å². The van der Waals surface area contributed by atoms with Gasteiger partial charge >= 0.3 is 0 Å². The lowest BCUT2D eigenvalue weighted by molar-refractivity contribution is -0.901. The monoisotopic (exact) mass is 417 g/mol. The minimum atomic E-state index is -0.297. The van der Waals surface area contributed by atoms with Crippen molar-refractivity contribution < 1.29 is 23.1 Å². The molecule has 3 aromatic carbocycles. The van der Waals surface area contributed by atoms with Crippen LogP contribution >= 0.6 is 0 Å². The van der Waals surface area contributed by atoms with Crippen molar-refractivity contribution >= 4 is 21.7 Å². The number of aryl methyl sites for hydroxylation is 1. The number of nitrogens with zero attached hydrogens (tertiary/aromatic N) is 2. The van der Waals surface area contributed by atoms with Crippen LogP contribution in [0.1, 0.15) is 5.56 Å². The van der Waals surface area contributed by atoms with Crippen molar-refractivity contribution in [1.82, 2.24) is 0 Å². The van der Waals surface area contributed by atoms with E-state index in [2.05, 4.69) is 22.8 Å². The maximum Gasteiger partial charge on any atom is 0.228 e. The van der Waals surface area contributed by atoms with Gasteiger partial charge in [0.2, 0.25) is 11.2 Å². The normalized spacial score (nSPS) is 16.9. The first kappa shape index (κ1) is 18.7. The quantitative estimate of drug-likeness (QED) is 0.183. The number of rotatable bonds is 2. The van der Waals surface area contributed by atoms with Gasteiger partial charge in [0.05, 0.1) is 29.5 Å². The first-order chi connectivity index (χ1) is 15.0. The second-order valence-electron chi connectivity index (χ2n) is 8.46. The number of morpholine rings is 1. The highest BCUT2D eigenvalue weighted by Crippen LogP contribution is 2.46. The number of hydrogen-bond acceptors (Lipinski definition) is 3. The van der Waals surface area contributed by atoms with Crippen LogP contribution in [-0.2, 0) is 18.3 Å². The average Bonchev–Trinajstić information content (AvgIpc) is 2.76. The van der Waals surface area contributed by atoms with Gasteiger partial charge in [0, 0.05) is 17.0 Å². The number of hydroxylamine groups is 3. The van der Waals surface area contributed by atoms with Crippen molar-refractivity contribution in [2.45, 2.75) is 6.54 Å². The number of fused-ring (bicyclic) bond motifs is 4. The Morgan fingerprint density at radius 2 is 1.84 bits per heavy atom. The summed E-state index contributed by atoms with van der Waals surface area (Å²) >= 11 is 0. The highest BCUT2D eigenvalue weighted by Gasteiger charge is 2.31. The molecule has 0 aliphatic carbocycles. The van der Waals surface area contributed by atoms with E-state index in [1.165, 1.54) is 12.1 Å². The van der Waals surface area contributed by atoms with Crippen molar-refractivity contribution in [1.29, 1.82) is 0 Å². The molecular formula is C25H22FN2O3+. The lowest BCUT2D eigenvalue weighted by Gasteiger charge is -2.45. The molecule has 0 amide bonds. The molecule has 2 aliphatic heterocycles. The predicted octanol–water partition coefficient (Wildman–Crippen LogP) is 4.57. The van der Waals surface area contributed by atoms with Gasteiger partial charge in [-0.15, -0.1) is 0 Å². The molecule has 3 heterocycles. The Kier molecular flexibility index (Phi) is 4.05. The third-order valence-electron chi connectivity index (χ3n) is 6.49. The molecule has 156 valence electrons. The van der Waals surface area contributed by atoms with E-state index < -0.39 is 0 Å². The summed E-state index contributed by atoms with van der Waals surface area (Å²) in [5, 5.41) is 16.2. The summed E-state index contributed by atoms with van der Waals surface area (Å²) in [6, 6.07) is 16.8. The van der Waals surface area contributed by atoms with E-state index in [-0.39, 0.29) is 10.5 Å². The van der Waals surface area contributed by atoms with Crippen molar-refractivity contribution in [3.63, 3.8) is 0 Å². The lowest BCUT2D eigenvalue weighted by atomic mass is 9.95. The number of ether oxygens (including phenoxy) is 2. The number of halogens is 1. The fourth-order valence-corrected chi connectivity index (χ4v) is 4.93. The zero-order valence-electron chi connectivity index (χ0n) is 17.2. The SMILES string of the molecule is C[n+]1c2c3c(cccc3c3ccc(C[N+]4([O-])CCOCC4)cc31)Oc1ccc(F)cc1-2. The van der Waals surface area contributed by atoms with Gasteiger partial charge in [-0.3, -0.25) is 0 Å². The average molecular weight is 417 g/mol. The molecule has 6 rings (SSSR count). The summed E-state index contributed by atoms with van der Waals surface area (Å²) in [6.45, 7) is 2.37. The number of aromatic nitrogens is 1. The predicted molar refractivity (Wildman–Crippen MR) is 116 cm³/mol. The minimum absolute atomic E-state index is 0.262. The molecular weight excluding hydrogens is 395 g/mol. The summed E-state index contributed by atoms with van der Waals surface area (Å²) in [6.07, 6.45) is 0. The number of hydrogen-bond donors (Lipinski definition) is 0. The Labute approximate surface area is 179 Å². The smallest absolute Gasteiger partial charge is 0.228 e. The molecule has 1 aromatic heterocycles. The third kappa shape index (κ3) is 2.91. The van der Waals surface area contributed by atoms with Crippen LogP contribution < -0.4 is 9.30 Å². The largest absolute Gasteiger partial charge is 0.632 e. The van der Waals surface area contributed by atoms with Gasteiger partial charge in [0.25, 0.3) is 0 Å². The molecule has 1 fully saturated rings. The molecule has 2 aliphatic rings. The van der Waals surface area contributed by atoms with Crippen molar-refractivity contribution in [3.05, 3.63) is 71.2 Å². The summed E-state index contributed by atoms with van der Waals surface area (Å²) in [7, 11) is 1.99. The molecule has 1 saturated heterocycles. The number of benzene rings is 3. The maximum absolute atomic E-state index is 14.2. The van der Waals surface area contributed by atoms with Crippen LogP contribution in [0.25, 0.3) is 32.9 Å². The molecule has 4 aromatic rings. The zero-order valence-corrected chi connectivity index (χ0v) is 17.2. The van der Waals surface area contributed by atoms with Crippen molar-refractivity contribution in [2.24, 2.45) is 7.05 Å².